The van der Waals surface area contributed by atoms with Crippen molar-refractivity contribution in [2.75, 3.05) is 11.9 Å². The summed E-state index contributed by atoms with van der Waals surface area (Å²) in [5.74, 6) is 0. The van der Waals surface area contributed by atoms with Crippen molar-refractivity contribution in [1.82, 2.24) is 0 Å². The van der Waals surface area contributed by atoms with Gasteiger partial charge in [0.25, 0.3) is 0 Å². The van der Waals surface area contributed by atoms with Crippen molar-refractivity contribution < 1.29 is 4.84 Å². The van der Waals surface area contributed by atoms with Gasteiger partial charge in [0.1, 0.15) is 0 Å². The Morgan fingerprint density at radius 2 is 2.18 bits per heavy atom. The number of fused-ring (bicyclic) bond motifs is 1. The molecule has 1 spiro atoms. The maximum atomic E-state index is 5.73. The third-order valence-electron chi connectivity index (χ3n) is 4.16. The van der Waals surface area contributed by atoms with Crippen LogP contribution in [-0.4, -0.2) is 19.0 Å². The van der Waals surface area contributed by atoms with Crippen LogP contribution in [0.3, 0.4) is 0 Å². The van der Waals surface area contributed by atoms with Crippen LogP contribution in [0.1, 0.15) is 25.8 Å². The smallest absolute Gasteiger partial charge is 0.224 e. The van der Waals surface area contributed by atoms with E-state index in [9.17, 15) is 0 Å². The highest BCUT2D eigenvalue weighted by atomic mass is 79.9. The lowest BCUT2D eigenvalue weighted by molar-refractivity contribution is -0.0591. The van der Waals surface area contributed by atoms with Crippen LogP contribution in [0.5, 0.6) is 0 Å². The summed E-state index contributed by atoms with van der Waals surface area (Å²) < 4.78 is 1.11. The van der Waals surface area contributed by atoms with Crippen LogP contribution in [0.4, 0.5) is 5.69 Å². The van der Waals surface area contributed by atoms with E-state index >= 15 is 0 Å². The molecule has 0 aromatic heterocycles. The van der Waals surface area contributed by atoms with Crippen LogP contribution in [0.15, 0.2) is 27.8 Å². The Labute approximate surface area is 110 Å². The molecule has 0 amide bonds. The Bertz CT molecular complexity index is 502. The zero-order valence-electron chi connectivity index (χ0n) is 10.2. The average molecular weight is 295 g/mol. The first-order valence-corrected chi connectivity index (χ1v) is 6.52. The molecule has 0 saturated carbocycles. The maximum absolute atomic E-state index is 5.73. The third kappa shape index (κ3) is 1.19. The lowest BCUT2D eigenvalue weighted by atomic mass is 9.76. The molecule has 0 N–H and O–H groups in total. The number of anilines is 1. The number of hydrogen-bond donors (Lipinski definition) is 0. The monoisotopic (exact) mass is 294 g/mol. The molecule has 90 valence electrons. The van der Waals surface area contributed by atoms with Gasteiger partial charge in [0.05, 0.1) is 5.41 Å². The van der Waals surface area contributed by atoms with E-state index in [0.29, 0.717) is 0 Å². The maximum Gasteiger partial charge on any atom is 0.224 e. The molecule has 0 saturated heterocycles. The standard InChI is InChI=1S/C13H15BrN2O/c1-12(2)10-8-9(14)4-5-11(10)16(3)13(12)6-7-15-17-13/h4-5,7-8H,6H2,1-3H3. The Hall–Kier alpha value is -1.03. The van der Waals surface area contributed by atoms with Gasteiger partial charge in [0, 0.05) is 29.8 Å². The minimum atomic E-state index is -0.365. The molecule has 1 aromatic carbocycles. The molecule has 0 bridgehead atoms. The van der Waals surface area contributed by atoms with Crippen LogP contribution in [0.25, 0.3) is 0 Å². The van der Waals surface area contributed by atoms with E-state index in [4.69, 9.17) is 4.84 Å². The summed E-state index contributed by atoms with van der Waals surface area (Å²) in [7, 11) is 2.08. The van der Waals surface area contributed by atoms with Crippen LogP contribution in [0.2, 0.25) is 0 Å². The second-order valence-electron chi connectivity index (χ2n) is 5.21. The summed E-state index contributed by atoms with van der Waals surface area (Å²) in [6.07, 6.45) is 2.68. The van der Waals surface area contributed by atoms with Gasteiger partial charge in [0.2, 0.25) is 5.72 Å². The summed E-state index contributed by atoms with van der Waals surface area (Å²) in [6, 6.07) is 6.39. The fraction of sp³-hybridized carbons (Fsp3) is 0.462. The molecule has 3 rings (SSSR count). The Balaban J connectivity index is 2.21. The fourth-order valence-corrected chi connectivity index (χ4v) is 3.38. The summed E-state index contributed by atoms with van der Waals surface area (Å²) in [6.45, 7) is 4.44. The fourth-order valence-electron chi connectivity index (χ4n) is 3.02. The van der Waals surface area contributed by atoms with Crippen LogP contribution < -0.4 is 4.90 Å². The summed E-state index contributed by atoms with van der Waals surface area (Å²) in [5.41, 5.74) is 2.08. The largest absolute Gasteiger partial charge is 0.366 e. The highest BCUT2D eigenvalue weighted by Crippen LogP contribution is 2.54. The first-order valence-electron chi connectivity index (χ1n) is 5.73. The van der Waals surface area contributed by atoms with Gasteiger partial charge in [-0.15, -0.1) is 0 Å². The van der Waals surface area contributed by atoms with Crippen molar-refractivity contribution in [2.45, 2.75) is 31.4 Å². The van der Waals surface area contributed by atoms with E-state index in [0.717, 1.165) is 10.9 Å². The lowest BCUT2D eigenvalue weighted by Crippen LogP contribution is -2.54. The highest BCUT2D eigenvalue weighted by molar-refractivity contribution is 9.10. The first kappa shape index (κ1) is 11.1. The zero-order chi connectivity index (χ0) is 12.3. The minimum Gasteiger partial charge on any atom is -0.366 e. The minimum absolute atomic E-state index is 0.0859. The van der Waals surface area contributed by atoms with E-state index < -0.39 is 0 Å². The molecule has 2 aliphatic rings. The van der Waals surface area contributed by atoms with E-state index in [-0.39, 0.29) is 11.1 Å². The van der Waals surface area contributed by atoms with Gasteiger partial charge >= 0.3 is 0 Å². The van der Waals surface area contributed by atoms with Crippen molar-refractivity contribution in [3.63, 3.8) is 0 Å². The van der Waals surface area contributed by atoms with Gasteiger partial charge in [-0.05, 0) is 37.6 Å². The van der Waals surface area contributed by atoms with Crippen molar-refractivity contribution >= 4 is 27.8 Å². The highest BCUT2D eigenvalue weighted by Gasteiger charge is 2.59. The van der Waals surface area contributed by atoms with E-state index in [1.165, 1.54) is 11.3 Å². The Morgan fingerprint density at radius 3 is 2.82 bits per heavy atom. The molecule has 1 aromatic rings. The normalized spacial score (nSPS) is 28.6. The van der Waals surface area contributed by atoms with Gasteiger partial charge in [-0.3, -0.25) is 0 Å². The number of halogens is 1. The molecule has 0 fully saturated rings. The van der Waals surface area contributed by atoms with E-state index in [2.05, 4.69) is 65.1 Å². The third-order valence-corrected chi connectivity index (χ3v) is 4.65. The van der Waals surface area contributed by atoms with Crippen molar-refractivity contribution in [3.05, 3.63) is 28.2 Å². The van der Waals surface area contributed by atoms with Gasteiger partial charge in [-0.2, -0.15) is 0 Å². The Kier molecular flexibility index (Phi) is 2.12. The van der Waals surface area contributed by atoms with Gasteiger partial charge in [-0.1, -0.05) is 21.1 Å². The molecule has 0 radical (unpaired) electrons. The van der Waals surface area contributed by atoms with E-state index in [1.54, 1.807) is 0 Å². The quantitative estimate of drug-likeness (QED) is 0.734. The second-order valence-corrected chi connectivity index (χ2v) is 6.13. The van der Waals surface area contributed by atoms with Crippen molar-refractivity contribution in [2.24, 2.45) is 5.16 Å². The molecule has 2 aliphatic heterocycles. The van der Waals surface area contributed by atoms with Crippen LogP contribution >= 0.6 is 15.9 Å². The number of nitrogens with zero attached hydrogens (tertiary/aromatic N) is 2. The number of benzene rings is 1. The summed E-state index contributed by atoms with van der Waals surface area (Å²) in [4.78, 5) is 7.94. The van der Waals surface area contributed by atoms with Gasteiger partial charge in [0.15, 0.2) is 0 Å². The van der Waals surface area contributed by atoms with Crippen LogP contribution in [0, 0.1) is 0 Å². The first-order chi connectivity index (χ1) is 7.99. The molecule has 3 nitrogen and oxygen atoms in total. The van der Waals surface area contributed by atoms with Crippen molar-refractivity contribution in [1.29, 1.82) is 0 Å². The molecule has 2 heterocycles. The molecular weight excluding hydrogens is 280 g/mol. The lowest BCUT2D eigenvalue weighted by Gasteiger charge is -2.40. The second kappa shape index (κ2) is 3.25. The number of hydrogen-bond acceptors (Lipinski definition) is 3. The molecule has 4 heteroatoms. The zero-order valence-corrected chi connectivity index (χ0v) is 11.8. The van der Waals surface area contributed by atoms with Gasteiger partial charge < -0.3 is 9.74 Å². The summed E-state index contributed by atoms with van der Waals surface area (Å²) in [5, 5.41) is 3.99. The molecule has 1 unspecified atom stereocenters. The van der Waals surface area contributed by atoms with E-state index in [1.807, 2.05) is 6.21 Å². The Morgan fingerprint density at radius 1 is 1.41 bits per heavy atom. The van der Waals surface area contributed by atoms with Crippen molar-refractivity contribution in [3.8, 4) is 0 Å². The average Bonchev–Trinajstić information content (AvgIpc) is 2.82. The van der Waals surface area contributed by atoms with Gasteiger partial charge in [-0.25, -0.2) is 0 Å². The SMILES string of the molecule is CN1c2ccc(Br)cc2C(C)(C)C12CC=NO2. The molecule has 17 heavy (non-hydrogen) atoms. The number of oxime groups is 1. The topological polar surface area (TPSA) is 24.8 Å². The van der Waals surface area contributed by atoms with Crippen LogP contribution in [-0.2, 0) is 10.3 Å². The molecular formula is C13H15BrN2O. The molecule has 0 aliphatic carbocycles. The number of likely N-dealkylation sites (N-methyl/N-ethyl adjacent to an activating group) is 1. The predicted octanol–water partition coefficient (Wildman–Crippen LogP) is 3.28. The molecule has 1 atom stereocenters. The predicted molar refractivity (Wildman–Crippen MR) is 72.5 cm³/mol. The number of rotatable bonds is 0. The summed E-state index contributed by atoms with van der Waals surface area (Å²) >= 11 is 3.54.